The van der Waals surface area contributed by atoms with Gasteiger partial charge in [-0.25, -0.2) is 0 Å². The molecule has 0 bridgehead atoms. The highest BCUT2D eigenvalue weighted by Crippen LogP contribution is 2.03. The zero-order chi connectivity index (χ0) is 13.5. The number of hydrogen-bond acceptors (Lipinski definition) is 3. The average Bonchev–Trinajstić information content (AvgIpc) is 2.29. The second kappa shape index (κ2) is 7.11. The summed E-state index contributed by atoms with van der Waals surface area (Å²) in [5.74, 6) is 0.223. The molecule has 0 aromatic heterocycles. The van der Waals surface area contributed by atoms with Crippen LogP contribution in [0.5, 0.6) is 0 Å². The molecule has 0 aliphatic carbocycles. The maximum absolute atomic E-state index is 11.9. The van der Waals surface area contributed by atoms with Crippen molar-refractivity contribution in [2.24, 2.45) is 5.10 Å². The zero-order valence-electron chi connectivity index (χ0n) is 11.7. The predicted octanol–water partition coefficient (Wildman–Crippen LogP) is 2.48. The number of benzene rings is 1. The van der Waals surface area contributed by atoms with Crippen LogP contribution in [0.15, 0.2) is 35.4 Å². The Labute approximate surface area is 111 Å². The summed E-state index contributed by atoms with van der Waals surface area (Å²) < 4.78 is 2.02. The van der Waals surface area contributed by atoms with Crippen LogP contribution in [0.2, 0.25) is 13.1 Å². The highest BCUT2D eigenvalue weighted by molar-refractivity contribution is 6.52. The molecule has 98 valence electrons. The first-order valence-electron chi connectivity index (χ1n) is 6.31. The Bertz CT molecular complexity index is 415. The minimum absolute atomic E-state index is 0.223. The number of carbonyl (C=O) groups excluding carboxylic acids is 1. The van der Waals surface area contributed by atoms with Crippen molar-refractivity contribution >= 4 is 20.5 Å². The molecule has 1 rings (SSSR count). The minimum Gasteiger partial charge on any atom is -0.331 e. The second-order valence-electron chi connectivity index (χ2n) is 4.88. The average molecular weight is 262 g/mol. The topological polar surface area (TPSA) is 32.7 Å². The van der Waals surface area contributed by atoms with Crippen molar-refractivity contribution in [3.8, 4) is 0 Å². The first-order chi connectivity index (χ1) is 8.49. The molecule has 4 heteroatoms. The SMILES string of the molecule is CC(CC(=O)Cc1ccccc1)=NN(C)[SiH](C)C. The van der Waals surface area contributed by atoms with Gasteiger partial charge in [0.2, 0.25) is 0 Å². The summed E-state index contributed by atoms with van der Waals surface area (Å²) in [5.41, 5.74) is 1.97. The number of nitrogens with zero attached hydrogens (tertiary/aromatic N) is 2. The van der Waals surface area contributed by atoms with E-state index in [1.165, 1.54) is 0 Å². The van der Waals surface area contributed by atoms with Crippen LogP contribution in [0.4, 0.5) is 0 Å². The molecule has 18 heavy (non-hydrogen) atoms. The first-order valence-corrected chi connectivity index (χ1v) is 9.14. The predicted molar refractivity (Wildman–Crippen MR) is 79.5 cm³/mol. The highest BCUT2D eigenvalue weighted by Gasteiger charge is 2.07. The van der Waals surface area contributed by atoms with Crippen molar-refractivity contribution in [1.82, 2.24) is 4.67 Å². The van der Waals surface area contributed by atoms with Gasteiger partial charge in [0, 0.05) is 25.6 Å². The van der Waals surface area contributed by atoms with Crippen LogP contribution in [-0.2, 0) is 11.2 Å². The third-order valence-corrected chi connectivity index (χ3v) is 4.38. The third kappa shape index (κ3) is 5.27. The molecule has 0 saturated heterocycles. The molecular formula is C14H22N2OSi. The maximum Gasteiger partial charge on any atom is 0.156 e. The Hall–Kier alpha value is -1.42. The van der Waals surface area contributed by atoms with E-state index in [9.17, 15) is 4.79 Å². The van der Waals surface area contributed by atoms with Gasteiger partial charge >= 0.3 is 0 Å². The molecule has 0 fully saturated rings. The lowest BCUT2D eigenvalue weighted by molar-refractivity contribution is -0.117. The van der Waals surface area contributed by atoms with Gasteiger partial charge in [-0.05, 0) is 12.5 Å². The van der Waals surface area contributed by atoms with Crippen LogP contribution in [0.1, 0.15) is 18.9 Å². The second-order valence-corrected chi connectivity index (χ2v) is 7.82. The smallest absolute Gasteiger partial charge is 0.156 e. The standard InChI is InChI=1S/C14H22N2OSi/c1-12(15-16(2)18(3)4)10-14(17)11-13-8-6-5-7-9-13/h5-9,18H,10-11H2,1-4H3. The minimum atomic E-state index is -0.900. The first kappa shape index (κ1) is 14.6. The van der Waals surface area contributed by atoms with E-state index in [1.807, 2.05) is 49.0 Å². The van der Waals surface area contributed by atoms with Gasteiger partial charge in [-0.15, -0.1) is 0 Å². The van der Waals surface area contributed by atoms with Crippen LogP contribution in [-0.4, -0.2) is 32.2 Å². The lowest BCUT2D eigenvalue weighted by Crippen LogP contribution is -2.26. The number of ketones is 1. The van der Waals surface area contributed by atoms with Crippen molar-refractivity contribution in [2.45, 2.75) is 32.9 Å². The van der Waals surface area contributed by atoms with Gasteiger partial charge in [-0.2, -0.15) is 5.10 Å². The van der Waals surface area contributed by atoms with Crippen LogP contribution >= 0.6 is 0 Å². The van der Waals surface area contributed by atoms with Crippen LogP contribution < -0.4 is 0 Å². The zero-order valence-corrected chi connectivity index (χ0v) is 12.8. The lowest BCUT2D eigenvalue weighted by atomic mass is 10.1. The largest absolute Gasteiger partial charge is 0.331 e. The quantitative estimate of drug-likeness (QED) is 0.448. The van der Waals surface area contributed by atoms with Gasteiger partial charge in [0.15, 0.2) is 8.96 Å². The lowest BCUT2D eigenvalue weighted by Gasteiger charge is -2.17. The fraction of sp³-hybridized carbons (Fsp3) is 0.429. The number of carbonyl (C=O) groups is 1. The van der Waals surface area contributed by atoms with Crippen molar-refractivity contribution in [3.05, 3.63) is 35.9 Å². The third-order valence-electron chi connectivity index (χ3n) is 2.77. The van der Waals surface area contributed by atoms with Gasteiger partial charge < -0.3 is 4.67 Å². The molecule has 0 aliphatic heterocycles. The number of hydrazone groups is 1. The fourth-order valence-corrected chi connectivity index (χ4v) is 2.02. The molecule has 1 aromatic carbocycles. The maximum atomic E-state index is 11.9. The Morgan fingerprint density at radius 3 is 2.44 bits per heavy atom. The van der Waals surface area contributed by atoms with E-state index >= 15 is 0 Å². The molecule has 0 spiro atoms. The van der Waals surface area contributed by atoms with Gasteiger partial charge in [-0.1, -0.05) is 43.4 Å². The summed E-state index contributed by atoms with van der Waals surface area (Å²) in [5, 5.41) is 4.45. The molecule has 1 aromatic rings. The molecule has 3 nitrogen and oxygen atoms in total. The molecule has 0 saturated carbocycles. The molecule has 0 unspecified atom stereocenters. The summed E-state index contributed by atoms with van der Waals surface area (Å²) in [6, 6.07) is 9.85. The van der Waals surface area contributed by atoms with Gasteiger partial charge in [0.05, 0.1) is 0 Å². The van der Waals surface area contributed by atoms with Gasteiger partial charge in [0.1, 0.15) is 5.78 Å². The van der Waals surface area contributed by atoms with E-state index in [2.05, 4.69) is 18.2 Å². The number of hydrogen-bond donors (Lipinski definition) is 0. The summed E-state index contributed by atoms with van der Waals surface area (Å²) >= 11 is 0. The fourth-order valence-electron chi connectivity index (χ4n) is 1.59. The van der Waals surface area contributed by atoms with E-state index < -0.39 is 8.96 Å². The Morgan fingerprint density at radius 1 is 1.28 bits per heavy atom. The van der Waals surface area contributed by atoms with Gasteiger partial charge in [0.25, 0.3) is 0 Å². The monoisotopic (exact) mass is 262 g/mol. The summed E-state index contributed by atoms with van der Waals surface area (Å²) in [7, 11) is 1.09. The van der Waals surface area contributed by atoms with Crippen LogP contribution in [0.25, 0.3) is 0 Å². The van der Waals surface area contributed by atoms with Crippen LogP contribution in [0, 0.1) is 0 Å². The van der Waals surface area contributed by atoms with Crippen molar-refractivity contribution in [3.63, 3.8) is 0 Å². The molecular weight excluding hydrogens is 240 g/mol. The van der Waals surface area contributed by atoms with Crippen molar-refractivity contribution in [1.29, 1.82) is 0 Å². The van der Waals surface area contributed by atoms with E-state index in [0.29, 0.717) is 12.8 Å². The number of Topliss-reactive ketones (excluding diaryl/α,β-unsaturated/α-hetero) is 1. The van der Waals surface area contributed by atoms with E-state index in [0.717, 1.165) is 11.3 Å². The van der Waals surface area contributed by atoms with Crippen molar-refractivity contribution in [2.75, 3.05) is 7.05 Å². The Kier molecular flexibility index (Phi) is 5.78. The summed E-state index contributed by atoms with van der Waals surface area (Å²) in [4.78, 5) is 11.9. The summed E-state index contributed by atoms with van der Waals surface area (Å²) in [6.07, 6.45) is 0.941. The van der Waals surface area contributed by atoms with Gasteiger partial charge in [-0.3, -0.25) is 4.79 Å². The molecule has 0 atom stereocenters. The molecule has 0 amide bonds. The van der Waals surface area contributed by atoms with E-state index in [-0.39, 0.29) is 5.78 Å². The molecule has 0 radical (unpaired) electrons. The molecule has 0 aliphatic rings. The van der Waals surface area contributed by atoms with Crippen LogP contribution in [0.3, 0.4) is 0 Å². The normalized spacial score (nSPS) is 11.7. The summed E-state index contributed by atoms with van der Waals surface area (Å²) in [6.45, 7) is 6.35. The Balaban J connectivity index is 2.50. The van der Waals surface area contributed by atoms with E-state index in [4.69, 9.17) is 0 Å². The van der Waals surface area contributed by atoms with Crippen molar-refractivity contribution < 1.29 is 4.79 Å². The highest BCUT2D eigenvalue weighted by atomic mass is 28.3. The van der Waals surface area contributed by atoms with E-state index in [1.54, 1.807) is 0 Å². The molecule has 0 heterocycles. The molecule has 0 N–H and O–H groups in total. The Morgan fingerprint density at radius 2 is 1.89 bits per heavy atom. The number of rotatable bonds is 6.